The standard InChI is InChI=1S/C17H15BrN4OS/c1-12(16(23)20-14-9-7-13(18)8-10-14)24-17-21-19-11-22(17)15-5-3-2-4-6-15/h2-12H,1H3,(H,20,23)/t12-/m1/s1. The summed E-state index contributed by atoms with van der Waals surface area (Å²) in [6.07, 6.45) is 1.65. The largest absolute Gasteiger partial charge is 0.325 e. The molecule has 0 unspecified atom stereocenters. The zero-order chi connectivity index (χ0) is 16.9. The predicted molar refractivity (Wildman–Crippen MR) is 99.4 cm³/mol. The first-order valence-corrected chi connectivity index (χ1v) is 8.99. The molecule has 0 spiro atoms. The number of nitrogens with one attached hydrogen (secondary N) is 1. The zero-order valence-corrected chi connectivity index (χ0v) is 15.3. The van der Waals surface area contributed by atoms with Gasteiger partial charge in [0.2, 0.25) is 5.91 Å². The molecular weight excluding hydrogens is 388 g/mol. The Morgan fingerprint density at radius 3 is 2.58 bits per heavy atom. The SMILES string of the molecule is C[C@@H](Sc1nncn1-c1ccccc1)C(=O)Nc1ccc(Br)cc1. The molecule has 1 heterocycles. The van der Waals surface area contributed by atoms with E-state index in [1.165, 1.54) is 11.8 Å². The van der Waals surface area contributed by atoms with Crippen molar-refractivity contribution in [3.05, 3.63) is 65.4 Å². The van der Waals surface area contributed by atoms with Gasteiger partial charge in [0.15, 0.2) is 5.16 Å². The van der Waals surface area contributed by atoms with Gasteiger partial charge >= 0.3 is 0 Å². The van der Waals surface area contributed by atoms with E-state index in [4.69, 9.17) is 0 Å². The summed E-state index contributed by atoms with van der Waals surface area (Å²) >= 11 is 4.75. The Bertz CT molecular complexity index is 820. The molecule has 1 N–H and O–H groups in total. The molecule has 1 amide bonds. The van der Waals surface area contributed by atoms with Crippen molar-refractivity contribution < 1.29 is 4.79 Å². The van der Waals surface area contributed by atoms with Gasteiger partial charge in [-0.3, -0.25) is 9.36 Å². The smallest absolute Gasteiger partial charge is 0.237 e. The normalized spacial score (nSPS) is 11.9. The molecule has 0 radical (unpaired) electrons. The predicted octanol–water partition coefficient (Wildman–Crippen LogP) is 4.15. The highest BCUT2D eigenvalue weighted by atomic mass is 79.9. The van der Waals surface area contributed by atoms with E-state index >= 15 is 0 Å². The molecule has 5 nitrogen and oxygen atoms in total. The molecular formula is C17H15BrN4OS. The summed E-state index contributed by atoms with van der Waals surface area (Å²) in [6.45, 7) is 1.85. The van der Waals surface area contributed by atoms with Crippen LogP contribution in [0.25, 0.3) is 5.69 Å². The first-order chi connectivity index (χ1) is 11.6. The Labute approximate surface area is 152 Å². The quantitative estimate of drug-likeness (QED) is 0.651. The summed E-state index contributed by atoms with van der Waals surface area (Å²) in [5.41, 5.74) is 1.73. The van der Waals surface area contributed by atoms with Gasteiger partial charge in [0.1, 0.15) is 6.33 Å². The minimum atomic E-state index is -0.305. The van der Waals surface area contributed by atoms with E-state index in [0.717, 1.165) is 15.8 Å². The number of rotatable bonds is 5. The number of para-hydroxylation sites is 1. The molecule has 2 aromatic carbocycles. The molecule has 0 aliphatic carbocycles. The molecule has 0 aliphatic heterocycles. The Hall–Kier alpha value is -2.12. The molecule has 122 valence electrons. The number of hydrogen-bond donors (Lipinski definition) is 1. The van der Waals surface area contributed by atoms with E-state index in [-0.39, 0.29) is 11.2 Å². The second-order valence-corrected chi connectivity index (χ2v) is 7.30. The summed E-state index contributed by atoms with van der Waals surface area (Å²) in [7, 11) is 0. The van der Waals surface area contributed by atoms with Gasteiger partial charge in [-0.15, -0.1) is 10.2 Å². The molecule has 7 heteroatoms. The average molecular weight is 403 g/mol. The molecule has 3 rings (SSSR count). The first kappa shape index (κ1) is 16.7. The fourth-order valence-electron chi connectivity index (χ4n) is 2.06. The third-order valence-electron chi connectivity index (χ3n) is 3.31. The lowest BCUT2D eigenvalue weighted by Gasteiger charge is -2.12. The minimum Gasteiger partial charge on any atom is -0.325 e. The van der Waals surface area contributed by atoms with Crippen molar-refractivity contribution in [3.63, 3.8) is 0 Å². The van der Waals surface area contributed by atoms with Crippen LogP contribution in [0, 0.1) is 0 Å². The van der Waals surface area contributed by atoms with Gasteiger partial charge in [0.05, 0.1) is 5.25 Å². The first-order valence-electron chi connectivity index (χ1n) is 7.32. The maximum atomic E-state index is 12.4. The Kier molecular flexibility index (Phi) is 5.32. The van der Waals surface area contributed by atoms with E-state index in [1.807, 2.05) is 66.1 Å². The number of benzene rings is 2. The van der Waals surface area contributed by atoms with Crippen LogP contribution in [0.4, 0.5) is 5.69 Å². The fourth-order valence-corrected chi connectivity index (χ4v) is 3.17. The highest BCUT2D eigenvalue weighted by Gasteiger charge is 2.18. The van der Waals surface area contributed by atoms with E-state index in [2.05, 4.69) is 31.4 Å². The topological polar surface area (TPSA) is 59.8 Å². The van der Waals surface area contributed by atoms with Crippen LogP contribution >= 0.6 is 27.7 Å². The summed E-state index contributed by atoms with van der Waals surface area (Å²) in [5, 5.41) is 11.4. The van der Waals surface area contributed by atoms with Crippen molar-refractivity contribution in [1.29, 1.82) is 0 Å². The number of carbonyl (C=O) groups is 1. The number of anilines is 1. The second-order valence-electron chi connectivity index (χ2n) is 5.08. The number of halogens is 1. The summed E-state index contributed by atoms with van der Waals surface area (Å²) in [5.74, 6) is -0.0788. The van der Waals surface area contributed by atoms with Crippen molar-refractivity contribution in [2.75, 3.05) is 5.32 Å². The number of carbonyl (C=O) groups excluding carboxylic acids is 1. The van der Waals surface area contributed by atoms with Crippen LogP contribution < -0.4 is 5.32 Å². The van der Waals surface area contributed by atoms with Crippen LogP contribution in [-0.2, 0) is 4.79 Å². The highest BCUT2D eigenvalue weighted by molar-refractivity contribution is 9.10. The minimum absolute atomic E-state index is 0.0788. The van der Waals surface area contributed by atoms with Gasteiger partial charge in [-0.05, 0) is 43.3 Å². The van der Waals surface area contributed by atoms with E-state index in [9.17, 15) is 4.79 Å². The van der Waals surface area contributed by atoms with Crippen LogP contribution in [-0.4, -0.2) is 25.9 Å². The molecule has 0 saturated heterocycles. The van der Waals surface area contributed by atoms with Gasteiger partial charge in [0, 0.05) is 15.8 Å². The average Bonchev–Trinajstić information content (AvgIpc) is 3.05. The lowest BCUT2D eigenvalue weighted by molar-refractivity contribution is -0.115. The molecule has 0 bridgehead atoms. The third kappa shape index (κ3) is 4.04. The molecule has 0 saturated carbocycles. The number of amides is 1. The monoisotopic (exact) mass is 402 g/mol. The summed E-state index contributed by atoms with van der Waals surface area (Å²) in [6, 6.07) is 17.3. The van der Waals surface area contributed by atoms with Crippen LogP contribution in [0.1, 0.15) is 6.92 Å². The third-order valence-corrected chi connectivity index (χ3v) is 4.90. The lowest BCUT2D eigenvalue weighted by Crippen LogP contribution is -2.22. The molecule has 0 fully saturated rings. The maximum absolute atomic E-state index is 12.4. The highest BCUT2D eigenvalue weighted by Crippen LogP contribution is 2.25. The molecule has 0 aliphatic rings. The zero-order valence-electron chi connectivity index (χ0n) is 12.9. The molecule has 24 heavy (non-hydrogen) atoms. The molecule has 1 atom stereocenters. The Balaban J connectivity index is 1.69. The number of nitrogens with zero attached hydrogens (tertiary/aromatic N) is 3. The van der Waals surface area contributed by atoms with Gasteiger partial charge in [-0.1, -0.05) is 45.9 Å². The van der Waals surface area contributed by atoms with Gasteiger partial charge in [-0.2, -0.15) is 0 Å². The lowest BCUT2D eigenvalue weighted by atomic mass is 10.3. The molecule has 1 aromatic heterocycles. The number of aromatic nitrogens is 3. The van der Waals surface area contributed by atoms with Crippen molar-refractivity contribution in [2.24, 2.45) is 0 Å². The Morgan fingerprint density at radius 1 is 1.17 bits per heavy atom. The van der Waals surface area contributed by atoms with Crippen LogP contribution in [0.5, 0.6) is 0 Å². The van der Waals surface area contributed by atoms with Crippen molar-refractivity contribution in [1.82, 2.24) is 14.8 Å². The van der Waals surface area contributed by atoms with E-state index in [1.54, 1.807) is 6.33 Å². The van der Waals surface area contributed by atoms with Crippen molar-refractivity contribution >= 4 is 39.3 Å². The second kappa shape index (κ2) is 7.63. The van der Waals surface area contributed by atoms with Gasteiger partial charge in [0.25, 0.3) is 0 Å². The molecule has 3 aromatic rings. The van der Waals surface area contributed by atoms with Gasteiger partial charge in [-0.25, -0.2) is 0 Å². The Morgan fingerprint density at radius 2 is 1.88 bits per heavy atom. The van der Waals surface area contributed by atoms with Crippen molar-refractivity contribution in [2.45, 2.75) is 17.3 Å². The summed E-state index contributed by atoms with van der Waals surface area (Å²) in [4.78, 5) is 12.4. The van der Waals surface area contributed by atoms with E-state index in [0.29, 0.717) is 5.16 Å². The fraction of sp³-hybridized carbons (Fsp3) is 0.118. The number of thioether (sulfide) groups is 1. The van der Waals surface area contributed by atoms with E-state index < -0.39 is 0 Å². The van der Waals surface area contributed by atoms with Crippen LogP contribution in [0.15, 0.2) is 70.6 Å². The maximum Gasteiger partial charge on any atom is 0.237 e. The van der Waals surface area contributed by atoms with Gasteiger partial charge < -0.3 is 5.32 Å². The van der Waals surface area contributed by atoms with Crippen LogP contribution in [0.3, 0.4) is 0 Å². The number of hydrogen-bond acceptors (Lipinski definition) is 4. The van der Waals surface area contributed by atoms with Crippen molar-refractivity contribution in [3.8, 4) is 5.69 Å². The summed E-state index contributed by atoms with van der Waals surface area (Å²) < 4.78 is 2.84. The van der Waals surface area contributed by atoms with Crippen LogP contribution in [0.2, 0.25) is 0 Å².